The fourth-order valence-corrected chi connectivity index (χ4v) is 3.01. The maximum atomic E-state index is 12.9. The lowest BCUT2D eigenvalue weighted by Gasteiger charge is -2.20. The maximum Gasteiger partial charge on any atom is 0.227 e. The highest BCUT2D eigenvalue weighted by atomic mass is 19.1. The van der Waals surface area contributed by atoms with Gasteiger partial charge in [-0.2, -0.15) is 0 Å². The molecule has 1 fully saturated rings. The van der Waals surface area contributed by atoms with E-state index in [2.05, 4.69) is 5.32 Å². The van der Waals surface area contributed by atoms with Gasteiger partial charge in [-0.3, -0.25) is 9.59 Å². The Balaban J connectivity index is 1.64. The van der Waals surface area contributed by atoms with Crippen LogP contribution < -0.4 is 15.0 Å². The molecule has 5 nitrogen and oxygen atoms in total. The van der Waals surface area contributed by atoms with Gasteiger partial charge in [0.1, 0.15) is 11.6 Å². The Kier molecular flexibility index (Phi) is 5.51. The van der Waals surface area contributed by atoms with E-state index in [1.807, 2.05) is 31.2 Å². The minimum atomic E-state index is -0.419. The van der Waals surface area contributed by atoms with Crippen molar-refractivity contribution in [1.29, 1.82) is 0 Å². The Bertz CT molecular complexity index is 792. The molecule has 2 aromatic carbocycles. The highest BCUT2D eigenvalue weighted by molar-refractivity contribution is 6.01. The number of nitrogens with one attached hydrogen (secondary N) is 1. The van der Waals surface area contributed by atoms with Crippen molar-refractivity contribution in [3.8, 4) is 5.75 Å². The summed E-state index contributed by atoms with van der Waals surface area (Å²) in [6.07, 6.45) is 0.162. The van der Waals surface area contributed by atoms with Gasteiger partial charge in [-0.05, 0) is 36.8 Å². The predicted molar refractivity (Wildman–Crippen MR) is 96.3 cm³/mol. The van der Waals surface area contributed by atoms with Gasteiger partial charge < -0.3 is 15.0 Å². The third kappa shape index (κ3) is 4.02. The van der Waals surface area contributed by atoms with E-state index in [0.717, 1.165) is 5.56 Å². The van der Waals surface area contributed by atoms with E-state index in [9.17, 15) is 14.0 Å². The highest BCUT2D eigenvalue weighted by Gasteiger charge is 2.36. The van der Waals surface area contributed by atoms with Gasteiger partial charge in [-0.25, -0.2) is 4.39 Å². The molecule has 2 amide bonds. The van der Waals surface area contributed by atoms with E-state index >= 15 is 0 Å². The zero-order chi connectivity index (χ0) is 18.5. The van der Waals surface area contributed by atoms with Gasteiger partial charge >= 0.3 is 0 Å². The molecule has 0 aliphatic carbocycles. The fraction of sp³-hybridized carbons (Fsp3) is 0.300. The molecule has 136 valence electrons. The Labute approximate surface area is 151 Å². The molecule has 0 spiro atoms. The molecule has 6 heteroatoms. The Morgan fingerprint density at radius 2 is 1.96 bits per heavy atom. The second kappa shape index (κ2) is 7.99. The highest BCUT2D eigenvalue weighted by Crippen LogP contribution is 2.33. The van der Waals surface area contributed by atoms with Crippen molar-refractivity contribution in [1.82, 2.24) is 5.32 Å². The minimum Gasteiger partial charge on any atom is -0.492 e. The van der Waals surface area contributed by atoms with Crippen LogP contribution >= 0.6 is 0 Å². The number of ether oxygens (including phenoxy) is 1. The summed E-state index contributed by atoms with van der Waals surface area (Å²) in [5.74, 6) is -0.378. The third-order valence-corrected chi connectivity index (χ3v) is 4.33. The quantitative estimate of drug-likeness (QED) is 0.866. The van der Waals surface area contributed by atoms with Crippen LogP contribution in [0.25, 0.3) is 0 Å². The van der Waals surface area contributed by atoms with Crippen molar-refractivity contribution < 1.29 is 18.7 Å². The van der Waals surface area contributed by atoms with Crippen LogP contribution in [0.1, 0.15) is 18.9 Å². The number of hydrogen-bond donors (Lipinski definition) is 1. The van der Waals surface area contributed by atoms with Crippen LogP contribution in [0.5, 0.6) is 5.75 Å². The monoisotopic (exact) mass is 356 g/mol. The van der Waals surface area contributed by atoms with E-state index in [1.54, 1.807) is 17.0 Å². The summed E-state index contributed by atoms with van der Waals surface area (Å²) in [5.41, 5.74) is 1.50. The first-order valence-electron chi connectivity index (χ1n) is 8.63. The molecule has 0 bridgehead atoms. The van der Waals surface area contributed by atoms with E-state index in [4.69, 9.17) is 4.74 Å². The van der Waals surface area contributed by atoms with Gasteiger partial charge in [0.25, 0.3) is 0 Å². The Morgan fingerprint density at radius 3 is 2.69 bits per heavy atom. The van der Waals surface area contributed by atoms with E-state index in [-0.39, 0.29) is 24.1 Å². The lowest BCUT2D eigenvalue weighted by molar-refractivity contribution is -0.126. The van der Waals surface area contributed by atoms with Crippen LogP contribution in [0.3, 0.4) is 0 Å². The summed E-state index contributed by atoms with van der Waals surface area (Å²) in [5, 5.41) is 2.82. The van der Waals surface area contributed by atoms with Crippen LogP contribution in [0, 0.1) is 11.7 Å². The molecule has 1 aliphatic heterocycles. The van der Waals surface area contributed by atoms with Crippen LogP contribution in [0.4, 0.5) is 10.1 Å². The van der Waals surface area contributed by atoms with E-state index in [1.165, 1.54) is 12.1 Å². The molecule has 26 heavy (non-hydrogen) atoms. The van der Waals surface area contributed by atoms with Crippen molar-refractivity contribution >= 4 is 17.5 Å². The molecule has 1 atom stereocenters. The summed E-state index contributed by atoms with van der Waals surface area (Å²) in [6, 6.07) is 13.3. The van der Waals surface area contributed by atoms with Crippen molar-refractivity contribution in [3.63, 3.8) is 0 Å². The molecule has 1 heterocycles. The number of rotatable bonds is 6. The molecule has 1 N–H and O–H groups in total. The lowest BCUT2D eigenvalue weighted by Crippen LogP contribution is -2.32. The van der Waals surface area contributed by atoms with Gasteiger partial charge in [-0.1, -0.05) is 24.3 Å². The van der Waals surface area contributed by atoms with Gasteiger partial charge in [0.2, 0.25) is 11.8 Å². The Hall–Kier alpha value is -2.89. The number of anilines is 1. The van der Waals surface area contributed by atoms with Crippen molar-refractivity contribution in [2.45, 2.75) is 19.9 Å². The zero-order valence-electron chi connectivity index (χ0n) is 14.6. The van der Waals surface area contributed by atoms with Gasteiger partial charge in [-0.15, -0.1) is 0 Å². The van der Waals surface area contributed by atoms with Gasteiger partial charge in [0.15, 0.2) is 0 Å². The second-order valence-corrected chi connectivity index (χ2v) is 6.15. The maximum absolute atomic E-state index is 12.9. The number of benzene rings is 2. The molecule has 1 saturated heterocycles. The average molecular weight is 356 g/mol. The van der Waals surface area contributed by atoms with Crippen LogP contribution in [-0.2, 0) is 16.1 Å². The molecule has 2 aromatic rings. The molecule has 0 saturated carbocycles. The van der Waals surface area contributed by atoms with Crippen molar-refractivity contribution in [3.05, 3.63) is 59.9 Å². The number of hydrogen-bond acceptors (Lipinski definition) is 3. The summed E-state index contributed by atoms with van der Waals surface area (Å²) in [4.78, 5) is 26.4. The SMILES string of the molecule is CCOc1ccccc1N1C[C@H](C(=O)NCc2ccc(F)cc2)CC1=O. The van der Waals surface area contributed by atoms with Gasteiger partial charge in [0, 0.05) is 19.5 Å². The average Bonchev–Trinajstić information content (AvgIpc) is 3.03. The summed E-state index contributed by atoms with van der Waals surface area (Å²) < 4.78 is 18.5. The number of para-hydroxylation sites is 2. The smallest absolute Gasteiger partial charge is 0.227 e. The summed E-state index contributed by atoms with van der Waals surface area (Å²) in [6.45, 7) is 3.01. The molecule has 0 aromatic heterocycles. The van der Waals surface area contributed by atoms with Crippen LogP contribution in [0.15, 0.2) is 48.5 Å². The topological polar surface area (TPSA) is 58.6 Å². The summed E-state index contributed by atoms with van der Waals surface area (Å²) in [7, 11) is 0. The molecular weight excluding hydrogens is 335 g/mol. The molecule has 0 unspecified atom stereocenters. The standard InChI is InChI=1S/C20H21FN2O3/c1-2-26-18-6-4-3-5-17(18)23-13-15(11-19(23)24)20(25)22-12-14-7-9-16(21)10-8-14/h3-10,15H,2,11-13H2,1H3,(H,22,25)/t15-/m1/s1. The molecule has 1 aliphatic rings. The first-order chi connectivity index (χ1) is 12.6. The lowest BCUT2D eigenvalue weighted by atomic mass is 10.1. The van der Waals surface area contributed by atoms with Crippen LogP contribution in [-0.4, -0.2) is 25.0 Å². The number of amides is 2. The van der Waals surface area contributed by atoms with Crippen LogP contribution in [0.2, 0.25) is 0 Å². The minimum absolute atomic E-state index is 0.0981. The fourth-order valence-electron chi connectivity index (χ4n) is 3.01. The predicted octanol–water partition coefficient (Wildman–Crippen LogP) is 2.89. The first-order valence-corrected chi connectivity index (χ1v) is 8.63. The number of carbonyl (C=O) groups excluding carboxylic acids is 2. The number of nitrogens with zero attached hydrogens (tertiary/aromatic N) is 1. The van der Waals surface area contributed by atoms with Crippen molar-refractivity contribution in [2.75, 3.05) is 18.1 Å². The third-order valence-electron chi connectivity index (χ3n) is 4.33. The first kappa shape index (κ1) is 17.9. The van der Waals surface area contributed by atoms with Gasteiger partial charge in [0.05, 0.1) is 18.2 Å². The molecular formula is C20H21FN2O3. The number of halogens is 1. The second-order valence-electron chi connectivity index (χ2n) is 6.15. The Morgan fingerprint density at radius 1 is 1.23 bits per heavy atom. The molecule has 0 radical (unpaired) electrons. The zero-order valence-corrected chi connectivity index (χ0v) is 14.6. The number of carbonyl (C=O) groups is 2. The summed E-state index contributed by atoms with van der Waals surface area (Å²) >= 11 is 0. The largest absolute Gasteiger partial charge is 0.492 e. The normalized spacial score (nSPS) is 16.6. The van der Waals surface area contributed by atoms with E-state index in [0.29, 0.717) is 31.1 Å². The van der Waals surface area contributed by atoms with Crippen molar-refractivity contribution in [2.24, 2.45) is 5.92 Å². The van der Waals surface area contributed by atoms with E-state index < -0.39 is 5.92 Å². The molecule has 3 rings (SSSR count).